The van der Waals surface area contributed by atoms with Crippen LogP contribution in [0.3, 0.4) is 0 Å². The lowest BCUT2D eigenvalue weighted by Gasteiger charge is -2.23. The maximum absolute atomic E-state index is 12.0. The fraction of sp³-hybridized carbons (Fsp3) is 0.524. The third-order valence-corrected chi connectivity index (χ3v) is 3.43. The van der Waals surface area contributed by atoms with Gasteiger partial charge in [0.15, 0.2) is 0 Å². The summed E-state index contributed by atoms with van der Waals surface area (Å²) < 4.78 is 5.30. The van der Waals surface area contributed by atoms with Crippen molar-refractivity contribution in [3.63, 3.8) is 0 Å². The molecule has 2 amide bonds. The van der Waals surface area contributed by atoms with E-state index in [9.17, 15) is 9.59 Å². The zero-order valence-corrected chi connectivity index (χ0v) is 16.5. The van der Waals surface area contributed by atoms with E-state index in [4.69, 9.17) is 4.74 Å². The Labute approximate surface area is 157 Å². The first kappa shape index (κ1) is 21.7. The van der Waals surface area contributed by atoms with Gasteiger partial charge in [0.25, 0.3) is 0 Å². The minimum atomic E-state index is -0.534. The molecular weight excluding hydrogens is 328 g/mol. The summed E-state index contributed by atoms with van der Waals surface area (Å²) in [5.74, 6) is 0.358. The molecule has 1 rings (SSSR count). The first-order valence-corrected chi connectivity index (χ1v) is 9.12. The summed E-state index contributed by atoms with van der Waals surface area (Å²) in [6.07, 6.45) is 4.27. The summed E-state index contributed by atoms with van der Waals surface area (Å²) in [6, 6.07) is 9.62. The Hall–Kier alpha value is -2.30. The summed E-state index contributed by atoms with van der Waals surface area (Å²) in [5.41, 5.74) is 0.530. The number of hydrogen-bond acceptors (Lipinski definition) is 3. The number of hydrogen-bond donors (Lipinski definition) is 2. The van der Waals surface area contributed by atoms with Crippen molar-refractivity contribution < 1.29 is 14.3 Å². The van der Waals surface area contributed by atoms with Gasteiger partial charge in [-0.3, -0.25) is 4.79 Å². The van der Waals surface area contributed by atoms with Crippen LogP contribution in [0.2, 0.25) is 0 Å². The van der Waals surface area contributed by atoms with Crippen molar-refractivity contribution in [2.75, 3.05) is 0 Å². The molecule has 0 unspecified atom stereocenters. The maximum atomic E-state index is 12.0. The lowest BCUT2D eigenvalue weighted by Crippen LogP contribution is -2.38. The van der Waals surface area contributed by atoms with Crippen molar-refractivity contribution in [3.05, 3.63) is 48.0 Å². The van der Waals surface area contributed by atoms with Crippen molar-refractivity contribution >= 4 is 12.0 Å². The Morgan fingerprint density at radius 1 is 1.15 bits per heavy atom. The van der Waals surface area contributed by atoms with Crippen molar-refractivity contribution in [2.45, 2.75) is 65.6 Å². The van der Waals surface area contributed by atoms with E-state index in [1.54, 1.807) is 6.08 Å². The highest BCUT2D eigenvalue weighted by molar-refractivity contribution is 5.77. The summed E-state index contributed by atoms with van der Waals surface area (Å²) in [6.45, 7) is 10.2. The SMILES string of the molecule is CC(C)C[C@@H](/C=C/CC(=O)NCc1ccccc1)NC(=O)OC(C)(C)C. The normalized spacial score (nSPS) is 12.8. The van der Waals surface area contributed by atoms with E-state index >= 15 is 0 Å². The van der Waals surface area contributed by atoms with Gasteiger partial charge in [-0.1, -0.05) is 56.3 Å². The minimum Gasteiger partial charge on any atom is -0.444 e. The van der Waals surface area contributed by atoms with E-state index in [1.807, 2.05) is 57.2 Å². The predicted molar refractivity (Wildman–Crippen MR) is 105 cm³/mol. The molecule has 26 heavy (non-hydrogen) atoms. The van der Waals surface area contributed by atoms with Gasteiger partial charge in [0, 0.05) is 13.0 Å². The number of carbonyl (C=O) groups excluding carboxylic acids is 2. The number of alkyl carbamates (subject to hydrolysis) is 1. The van der Waals surface area contributed by atoms with Crippen molar-refractivity contribution in [1.29, 1.82) is 0 Å². The van der Waals surface area contributed by atoms with E-state index in [2.05, 4.69) is 24.5 Å². The van der Waals surface area contributed by atoms with Gasteiger partial charge in [0.2, 0.25) is 5.91 Å². The van der Waals surface area contributed by atoms with Gasteiger partial charge in [-0.25, -0.2) is 4.79 Å². The van der Waals surface area contributed by atoms with Crippen molar-refractivity contribution in [3.8, 4) is 0 Å². The Kier molecular flexibility index (Phi) is 8.90. The fourth-order valence-corrected chi connectivity index (χ4v) is 2.36. The number of nitrogens with one attached hydrogen (secondary N) is 2. The van der Waals surface area contributed by atoms with Crippen LogP contribution in [0.15, 0.2) is 42.5 Å². The molecule has 2 N–H and O–H groups in total. The molecule has 0 heterocycles. The number of amides is 2. The molecule has 0 aliphatic rings. The Morgan fingerprint density at radius 3 is 2.38 bits per heavy atom. The van der Waals surface area contributed by atoms with Gasteiger partial charge >= 0.3 is 6.09 Å². The molecule has 1 aromatic rings. The van der Waals surface area contributed by atoms with Crippen LogP contribution in [0.5, 0.6) is 0 Å². The number of rotatable bonds is 8. The van der Waals surface area contributed by atoms with Crippen molar-refractivity contribution in [1.82, 2.24) is 10.6 Å². The summed E-state index contributed by atoms with van der Waals surface area (Å²) in [7, 11) is 0. The zero-order chi connectivity index (χ0) is 19.6. The lowest BCUT2D eigenvalue weighted by molar-refractivity contribution is -0.120. The van der Waals surface area contributed by atoms with Crippen LogP contribution in [0.1, 0.15) is 53.0 Å². The predicted octanol–water partition coefficient (Wildman–Crippen LogP) is 4.19. The van der Waals surface area contributed by atoms with E-state index in [0.717, 1.165) is 12.0 Å². The van der Waals surface area contributed by atoms with Gasteiger partial charge in [-0.2, -0.15) is 0 Å². The molecular formula is C21H32N2O3. The number of benzene rings is 1. The monoisotopic (exact) mass is 360 g/mol. The van der Waals surface area contributed by atoms with Gasteiger partial charge in [-0.15, -0.1) is 0 Å². The molecule has 1 aromatic carbocycles. The van der Waals surface area contributed by atoms with Crippen LogP contribution >= 0.6 is 0 Å². The van der Waals surface area contributed by atoms with Crippen LogP contribution in [0.25, 0.3) is 0 Å². The minimum absolute atomic E-state index is 0.0503. The quantitative estimate of drug-likeness (QED) is 0.683. The molecule has 0 aliphatic heterocycles. The smallest absolute Gasteiger partial charge is 0.408 e. The van der Waals surface area contributed by atoms with Gasteiger partial charge in [0.1, 0.15) is 5.60 Å². The highest BCUT2D eigenvalue weighted by Crippen LogP contribution is 2.10. The summed E-state index contributed by atoms with van der Waals surface area (Å²) in [4.78, 5) is 23.9. The third-order valence-electron chi connectivity index (χ3n) is 3.43. The third kappa shape index (κ3) is 10.5. The summed E-state index contributed by atoms with van der Waals surface area (Å²) >= 11 is 0. The number of carbonyl (C=O) groups is 2. The number of ether oxygens (including phenoxy) is 1. The second-order valence-electron chi connectivity index (χ2n) is 7.78. The average molecular weight is 360 g/mol. The Bertz CT molecular complexity index is 589. The molecule has 1 atom stereocenters. The molecule has 0 fully saturated rings. The van der Waals surface area contributed by atoms with Gasteiger partial charge in [-0.05, 0) is 38.7 Å². The lowest BCUT2D eigenvalue weighted by atomic mass is 10.0. The second kappa shape index (κ2) is 10.6. The van der Waals surface area contributed by atoms with E-state index in [-0.39, 0.29) is 18.4 Å². The van der Waals surface area contributed by atoms with E-state index in [1.165, 1.54) is 0 Å². The average Bonchev–Trinajstić information content (AvgIpc) is 2.51. The van der Waals surface area contributed by atoms with Crippen LogP contribution in [-0.4, -0.2) is 23.6 Å². The molecule has 0 bridgehead atoms. The second-order valence-corrected chi connectivity index (χ2v) is 7.78. The first-order valence-electron chi connectivity index (χ1n) is 9.12. The molecule has 0 saturated heterocycles. The van der Waals surface area contributed by atoms with E-state index in [0.29, 0.717) is 12.5 Å². The van der Waals surface area contributed by atoms with Crippen LogP contribution < -0.4 is 10.6 Å². The first-order chi connectivity index (χ1) is 12.2. The largest absolute Gasteiger partial charge is 0.444 e. The molecule has 0 spiro atoms. The zero-order valence-electron chi connectivity index (χ0n) is 16.5. The molecule has 5 heteroatoms. The molecule has 0 aromatic heterocycles. The van der Waals surface area contributed by atoms with Crippen molar-refractivity contribution in [2.24, 2.45) is 5.92 Å². The fourth-order valence-electron chi connectivity index (χ4n) is 2.36. The molecule has 0 radical (unpaired) electrons. The Balaban J connectivity index is 2.47. The Morgan fingerprint density at radius 2 is 1.81 bits per heavy atom. The molecule has 144 valence electrons. The highest BCUT2D eigenvalue weighted by Gasteiger charge is 2.18. The standard InChI is InChI=1S/C21H32N2O3/c1-16(2)14-18(23-20(25)26-21(3,4)5)12-9-13-19(24)22-15-17-10-7-6-8-11-17/h6-12,16,18H,13-15H2,1-5H3,(H,22,24)(H,23,25)/b12-9+/t18-/m1/s1. The summed E-state index contributed by atoms with van der Waals surface area (Å²) in [5, 5.41) is 5.74. The molecule has 5 nitrogen and oxygen atoms in total. The topological polar surface area (TPSA) is 67.4 Å². The van der Waals surface area contributed by atoms with Crippen LogP contribution in [0, 0.1) is 5.92 Å². The molecule has 0 aliphatic carbocycles. The highest BCUT2D eigenvalue weighted by atomic mass is 16.6. The van der Waals surface area contributed by atoms with Crippen LogP contribution in [-0.2, 0) is 16.1 Å². The molecule has 0 saturated carbocycles. The van der Waals surface area contributed by atoms with Gasteiger partial charge in [0.05, 0.1) is 6.04 Å². The van der Waals surface area contributed by atoms with E-state index < -0.39 is 11.7 Å². The maximum Gasteiger partial charge on any atom is 0.408 e. The van der Waals surface area contributed by atoms with Crippen LogP contribution in [0.4, 0.5) is 4.79 Å². The van der Waals surface area contributed by atoms with Gasteiger partial charge < -0.3 is 15.4 Å².